The second-order valence-corrected chi connectivity index (χ2v) is 6.51. The van der Waals surface area contributed by atoms with Crippen LogP contribution in [0, 0.1) is 11.8 Å². The maximum atomic E-state index is 13.4. The molecular weight excluding hydrogens is 341 g/mol. The molecule has 10 heteroatoms. The number of aromatic nitrogens is 1. The fraction of sp³-hybridized carbons (Fsp3) is 0.667. The van der Waals surface area contributed by atoms with E-state index in [1.54, 1.807) is 18.0 Å². The predicted octanol–water partition coefficient (Wildman–Crippen LogP) is 0.585. The normalized spacial score (nSPS) is 25.7. The van der Waals surface area contributed by atoms with E-state index >= 15 is 0 Å². The quantitative estimate of drug-likeness (QED) is 0.789. The van der Waals surface area contributed by atoms with Gasteiger partial charge in [0.15, 0.2) is 0 Å². The number of nitrogens with zero attached hydrogens (tertiary/aromatic N) is 4. The zero-order chi connectivity index (χ0) is 18.2. The molecule has 0 bridgehead atoms. The van der Waals surface area contributed by atoms with Gasteiger partial charge >= 0.3 is 6.18 Å². The molecule has 2 amide bonds. The van der Waals surface area contributed by atoms with Gasteiger partial charge in [0.2, 0.25) is 11.8 Å². The van der Waals surface area contributed by atoms with Gasteiger partial charge in [0.1, 0.15) is 6.26 Å². The molecule has 0 radical (unpaired) electrons. The number of carbonyl (C=O) groups excluding carboxylic acids is 2. The van der Waals surface area contributed by atoms with Crippen molar-refractivity contribution in [1.29, 1.82) is 0 Å². The van der Waals surface area contributed by atoms with E-state index in [1.807, 2.05) is 0 Å². The van der Waals surface area contributed by atoms with Crippen molar-refractivity contribution in [2.75, 3.05) is 39.8 Å². The average Bonchev–Trinajstić information content (AvgIpc) is 3.19. The number of carbonyl (C=O) groups is 2. The molecule has 1 aromatic heterocycles. The number of amides is 2. The number of hydrogen-bond acceptors (Lipinski definition) is 5. The molecule has 0 spiro atoms. The minimum Gasteiger partial charge on any atom is -0.364 e. The third kappa shape index (κ3) is 3.78. The van der Waals surface area contributed by atoms with Gasteiger partial charge in [-0.25, -0.2) is 0 Å². The summed E-state index contributed by atoms with van der Waals surface area (Å²) in [5.41, 5.74) is 0.517. The fourth-order valence-corrected chi connectivity index (χ4v) is 3.33. The maximum absolute atomic E-state index is 13.4. The number of halogens is 3. The summed E-state index contributed by atoms with van der Waals surface area (Å²) in [6.07, 6.45) is -3.12. The molecule has 2 saturated heterocycles. The van der Waals surface area contributed by atoms with Gasteiger partial charge in [-0.15, -0.1) is 0 Å². The van der Waals surface area contributed by atoms with Crippen LogP contribution in [0.3, 0.4) is 0 Å². The van der Waals surface area contributed by atoms with E-state index in [-0.39, 0.29) is 38.6 Å². The van der Waals surface area contributed by atoms with E-state index in [0.717, 1.165) is 0 Å². The highest BCUT2D eigenvalue weighted by Crippen LogP contribution is 2.39. The Labute approximate surface area is 142 Å². The molecule has 3 heterocycles. The Kier molecular flexibility index (Phi) is 4.72. The van der Waals surface area contributed by atoms with Crippen LogP contribution in [-0.4, -0.2) is 77.6 Å². The lowest BCUT2D eigenvalue weighted by atomic mass is 9.93. The Morgan fingerprint density at radius 1 is 1.36 bits per heavy atom. The molecule has 0 saturated carbocycles. The smallest absolute Gasteiger partial charge is 0.364 e. The minimum absolute atomic E-state index is 0.0175. The van der Waals surface area contributed by atoms with Gasteiger partial charge in [-0.3, -0.25) is 14.5 Å². The van der Waals surface area contributed by atoms with Crippen molar-refractivity contribution in [3.05, 3.63) is 18.0 Å². The van der Waals surface area contributed by atoms with Gasteiger partial charge in [0, 0.05) is 45.8 Å². The molecule has 2 aliphatic heterocycles. The molecule has 2 atom stereocenters. The van der Waals surface area contributed by atoms with Crippen molar-refractivity contribution >= 4 is 11.8 Å². The monoisotopic (exact) mass is 360 g/mol. The van der Waals surface area contributed by atoms with E-state index in [2.05, 4.69) is 5.16 Å². The standard InChI is InChI=1S/C15H19F3N4O3/c1-20-3-4-22(9-13(20)23)14(24)11-7-21(6-10-2-5-25-19-10)8-12(11)15(16,17)18/h2,5,11-12H,3-4,6-9H2,1H3/t11-,12-/m1/s1. The van der Waals surface area contributed by atoms with E-state index in [1.165, 1.54) is 16.1 Å². The lowest BCUT2D eigenvalue weighted by Crippen LogP contribution is -2.53. The number of rotatable bonds is 3. The molecule has 0 N–H and O–H groups in total. The third-order valence-corrected chi connectivity index (χ3v) is 4.78. The van der Waals surface area contributed by atoms with Crippen molar-refractivity contribution in [3.63, 3.8) is 0 Å². The Balaban J connectivity index is 1.72. The Bertz CT molecular complexity index is 634. The molecular formula is C15H19F3N4O3. The summed E-state index contributed by atoms with van der Waals surface area (Å²) >= 11 is 0. The van der Waals surface area contributed by atoms with Gasteiger partial charge in [-0.2, -0.15) is 13.2 Å². The van der Waals surface area contributed by atoms with Crippen molar-refractivity contribution in [2.24, 2.45) is 11.8 Å². The van der Waals surface area contributed by atoms with E-state index in [9.17, 15) is 22.8 Å². The highest BCUT2D eigenvalue weighted by molar-refractivity contribution is 5.87. The maximum Gasteiger partial charge on any atom is 0.393 e. The number of hydrogen-bond donors (Lipinski definition) is 0. The van der Waals surface area contributed by atoms with E-state index in [4.69, 9.17) is 4.52 Å². The molecule has 0 aliphatic carbocycles. The molecule has 0 unspecified atom stereocenters. The molecule has 1 aromatic rings. The predicted molar refractivity (Wildman–Crippen MR) is 79.0 cm³/mol. The van der Waals surface area contributed by atoms with Crippen LogP contribution in [0.25, 0.3) is 0 Å². The molecule has 2 aliphatic rings. The summed E-state index contributed by atoms with van der Waals surface area (Å²) < 4.78 is 45.0. The molecule has 7 nitrogen and oxygen atoms in total. The summed E-state index contributed by atoms with van der Waals surface area (Å²) in [6, 6.07) is 1.58. The first-order chi connectivity index (χ1) is 11.8. The molecule has 0 aromatic carbocycles. The van der Waals surface area contributed by atoms with Crippen LogP contribution in [0.1, 0.15) is 5.69 Å². The number of alkyl halides is 3. The Morgan fingerprint density at radius 2 is 2.12 bits per heavy atom. The van der Waals surface area contributed by atoms with Crippen molar-refractivity contribution in [3.8, 4) is 0 Å². The van der Waals surface area contributed by atoms with Crippen LogP contribution < -0.4 is 0 Å². The van der Waals surface area contributed by atoms with Gasteiger partial charge < -0.3 is 14.3 Å². The van der Waals surface area contributed by atoms with Gasteiger partial charge in [-0.05, 0) is 0 Å². The van der Waals surface area contributed by atoms with Crippen LogP contribution >= 0.6 is 0 Å². The third-order valence-electron chi connectivity index (χ3n) is 4.78. The topological polar surface area (TPSA) is 69.9 Å². The van der Waals surface area contributed by atoms with Crippen LogP contribution in [0.15, 0.2) is 16.9 Å². The fourth-order valence-electron chi connectivity index (χ4n) is 3.33. The van der Waals surface area contributed by atoms with Crippen molar-refractivity contribution in [1.82, 2.24) is 19.9 Å². The van der Waals surface area contributed by atoms with Gasteiger partial charge in [-0.1, -0.05) is 5.16 Å². The molecule has 25 heavy (non-hydrogen) atoms. The van der Waals surface area contributed by atoms with Crippen molar-refractivity contribution < 1.29 is 27.3 Å². The second kappa shape index (κ2) is 6.66. The highest BCUT2D eigenvalue weighted by atomic mass is 19.4. The minimum atomic E-state index is -4.48. The summed E-state index contributed by atoms with van der Waals surface area (Å²) in [7, 11) is 1.61. The zero-order valence-electron chi connectivity index (χ0n) is 13.7. The number of piperazine rings is 1. The summed E-state index contributed by atoms with van der Waals surface area (Å²) in [4.78, 5) is 28.7. The van der Waals surface area contributed by atoms with Crippen LogP contribution in [0.5, 0.6) is 0 Å². The number of likely N-dealkylation sites (tertiary alicyclic amines) is 1. The summed E-state index contributed by atoms with van der Waals surface area (Å²) in [5, 5.41) is 3.70. The van der Waals surface area contributed by atoms with E-state index in [0.29, 0.717) is 12.2 Å². The highest BCUT2D eigenvalue weighted by Gasteiger charge is 2.53. The first-order valence-corrected chi connectivity index (χ1v) is 7.97. The van der Waals surface area contributed by atoms with Crippen LogP contribution in [0.4, 0.5) is 13.2 Å². The summed E-state index contributed by atoms with van der Waals surface area (Å²) in [5.74, 6) is -3.82. The van der Waals surface area contributed by atoms with E-state index < -0.39 is 23.9 Å². The lowest BCUT2D eigenvalue weighted by molar-refractivity contribution is -0.186. The lowest BCUT2D eigenvalue weighted by Gasteiger charge is -2.34. The zero-order valence-corrected chi connectivity index (χ0v) is 13.7. The average molecular weight is 360 g/mol. The van der Waals surface area contributed by atoms with Gasteiger partial charge in [0.25, 0.3) is 0 Å². The van der Waals surface area contributed by atoms with Crippen LogP contribution in [-0.2, 0) is 16.1 Å². The van der Waals surface area contributed by atoms with Crippen LogP contribution in [0.2, 0.25) is 0 Å². The molecule has 138 valence electrons. The first-order valence-electron chi connectivity index (χ1n) is 7.97. The SMILES string of the molecule is CN1CCN(C(=O)[C@@H]2CN(Cc3ccon3)C[C@H]2C(F)(F)F)CC1=O. The Hall–Kier alpha value is -2.10. The van der Waals surface area contributed by atoms with Crippen molar-refractivity contribution in [2.45, 2.75) is 12.7 Å². The summed E-state index contributed by atoms with van der Waals surface area (Å²) in [6.45, 7) is 0.321. The second-order valence-electron chi connectivity index (χ2n) is 6.51. The largest absolute Gasteiger partial charge is 0.393 e. The molecule has 2 fully saturated rings. The van der Waals surface area contributed by atoms with Gasteiger partial charge in [0.05, 0.1) is 24.1 Å². The molecule has 3 rings (SSSR count). The Morgan fingerprint density at radius 3 is 2.72 bits per heavy atom. The first kappa shape index (κ1) is 17.7. The number of likely N-dealkylation sites (N-methyl/N-ethyl adjacent to an activating group) is 1.